The standard InChI is InChI=1S/C23H27N3O2/c1-16-14-22(25-17(2)21(16)15-24)18-7-9-19(10-8-18)23(27)26(3)12-11-20-6-4-5-13-28-20/h7-10,14,20H,4-6,11-13H2,1-3H3/t20-/m0/s1. The number of benzene rings is 1. The van der Waals surface area contributed by atoms with Gasteiger partial charge in [0, 0.05) is 31.3 Å². The lowest BCUT2D eigenvalue weighted by molar-refractivity contribution is 0.00709. The Balaban J connectivity index is 1.66. The molecule has 0 radical (unpaired) electrons. The van der Waals surface area contributed by atoms with Crippen molar-refractivity contribution in [3.63, 3.8) is 0 Å². The largest absolute Gasteiger partial charge is 0.378 e. The molecule has 1 fully saturated rings. The van der Waals surface area contributed by atoms with Crippen LogP contribution in [0.4, 0.5) is 0 Å². The first-order valence-electron chi connectivity index (χ1n) is 9.85. The Morgan fingerprint density at radius 1 is 1.29 bits per heavy atom. The van der Waals surface area contributed by atoms with Crippen molar-refractivity contribution in [2.45, 2.75) is 45.6 Å². The fraction of sp³-hybridized carbons (Fsp3) is 0.435. The van der Waals surface area contributed by atoms with Gasteiger partial charge in [-0.05, 0) is 63.3 Å². The van der Waals surface area contributed by atoms with Gasteiger partial charge in [0.15, 0.2) is 0 Å². The molecule has 0 aliphatic carbocycles. The molecule has 3 rings (SSSR count). The molecule has 146 valence electrons. The Morgan fingerprint density at radius 2 is 2.04 bits per heavy atom. The van der Waals surface area contributed by atoms with E-state index in [1.54, 1.807) is 4.90 Å². The summed E-state index contributed by atoms with van der Waals surface area (Å²) in [4.78, 5) is 19.0. The van der Waals surface area contributed by atoms with Crippen molar-refractivity contribution < 1.29 is 9.53 Å². The van der Waals surface area contributed by atoms with E-state index in [4.69, 9.17) is 4.74 Å². The van der Waals surface area contributed by atoms with Crippen molar-refractivity contribution in [1.82, 2.24) is 9.88 Å². The minimum absolute atomic E-state index is 0.0162. The van der Waals surface area contributed by atoms with Gasteiger partial charge < -0.3 is 9.64 Å². The maximum absolute atomic E-state index is 12.7. The molecule has 5 heteroatoms. The molecule has 2 heterocycles. The zero-order valence-corrected chi connectivity index (χ0v) is 16.9. The third kappa shape index (κ3) is 4.58. The molecule has 1 aromatic carbocycles. The van der Waals surface area contributed by atoms with E-state index in [-0.39, 0.29) is 12.0 Å². The first kappa shape index (κ1) is 20.0. The SMILES string of the molecule is Cc1cc(-c2ccc(C(=O)N(C)CC[C@@H]3CCCCO3)cc2)nc(C)c1C#N. The van der Waals surface area contributed by atoms with Crippen LogP contribution >= 0.6 is 0 Å². The number of ether oxygens (including phenoxy) is 1. The highest BCUT2D eigenvalue weighted by Crippen LogP contribution is 2.23. The molecule has 1 atom stereocenters. The Kier molecular flexibility index (Phi) is 6.43. The Morgan fingerprint density at radius 3 is 2.64 bits per heavy atom. The van der Waals surface area contributed by atoms with Gasteiger partial charge >= 0.3 is 0 Å². The van der Waals surface area contributed by atoms with Crippen molar-refractivity contribution in [2.24, 2.45) is 0 Å². The van der Waals surface area contributed by atoms with Gasteiger partial charge in [-0.25, -0.2) is 0 Å². The molecular weight excluding hydrogens is 350 g/mol. The highest BCUT2D eigenvalue weighted by Gasteiger charge is 2.17. The average molecular weight is 377 g/mol. The molecule has 0 N–H and O–H groups in total. The normalized spacial score (nSPS) is 16.4. The van der Waals surface area contributed by atoms with Crippen LogP contribution in [-0.2, 0) is 4.74 Å². The van der Waals surface area contributed by atoms with Crippen LogP contribution in [0.3, 0.4) is 0 Å². The molecule has 0 unspecified atom stereocenters. The number of pyridine rings is 1. The second-order valence-electron chi connectivity index (χ2n) is 7.48. The van der Waals surface area contributed by atoms with Crippen LogP contribution in [-0.4, -0.2) is 42.1 Å². The van der Waals surface area contributed by atoms with Gasteiger partial charge in [0.05, 0.1) is 23.1 Å². The number of carbonyl (C=O) groups excluding carboxylic acids is 1. The van der Waals surface area contributed by atoms with Crippen LogP contribution in [0.5, 0.6) is 0 Å². The summed E-state index contributed by atoms with van der Waals surface area (Å²) in [7, 11) is 1.84. The van der Waals surface area contributed by atoms with Gasteiger partial charge in [-0.3, -0.25) is 9.78 Å². The Bertz CT molecular complexity index is 855. The van der Waals surface area contributed by atoms with Gasteiger partial charge in [-0.1, -0.05) is 12.1 Å². The molecular formula is C23H27N3O2. The Hall–Kier alpha value is -2.71. The molecule has 0 spiro atoms. The smallest absolute Gasteiger partial charge is 0.253 e. The summed E-state index contributed by atoms with van der Waals surface area (Å²) in [6.07, 6.45) is 4.61. The topological polar surface area (TPSA) is 66.2 Å². The highest BCUT2D eigenvalue weighted by atomic mass is 16.5. The number of nitrogens with zero attached hydrogens (tertiary/aromatic N) is 3. The molecule has 1 aliphatic heterocycles. The van der Waals surface area contributed by atoms with Crippen molar-refractivity contribution in [2.75, 3.05) is 20.2 Å². The summed E-state index contributed by atoms with van der Waals surface area (Å²) >= 11 is 0. The quantitative estimate of drug-likeness (QED) is 0.780. The number of rotatable bonds is 5. The number of hydrogen-bond donors (Lipinski definition) is 0. The van der Waals surface area contributed by atoms with E-state index in [9.17, 15) is 10.1 Å². The van der Waals surface area contributed by atoms with E-state index in [0.29, 0.717) is 17.7 Å². The van der Waals surface area contributed by atoms with Gasteiger partial charge in [0.1, 0.15) is 6.07 Å². The lowest BCUT2D eigenvalue weighted by atomic mass is 10.0. The molecule has 2 aromatic rings. The second kappa shape index (κ2) is 8.99. The monoisotopic (exact) mass is 377 g/mol. The van der Waals surface area contributed by atoms with Gasteiger partial charge in [0.25, 0.3) is 5.91 Å². The molecule has 0 bridgehead atoms. The van der Waals surface area contributed by atoms with Gasteiger partial charge in [-0.15, -0.1) is 0 Å². The van der Waals surface area contributed by atoms with Crippen LogP contribution in [0, 0.1) is 25.2 Å². The molecule has 5 nitrogen and oxygen atoms in total. The van der Waals surface area contributed by atoms with Crippen LogP contribution in [0.15, 0.2) is 30.3 Å². The third-order valence-corrected chi connectivity index (χ3v) is 5.34. The number of aromatic nitrogens is 1. The van der Waals surface area contributed by atoms with E-state index in [1.165, 1.54) is 6.42 Å². The fourth-order valence-electron chi connectivity index (χ4n) is 3.63. The molecule has 0 saturated carbocycles. The minimum atomic E-state index is 0.0162. The predicted molar refractivity (Wildman–Crippen MR) is 109 cm³/mol. The molecule has 28 heavy (non-hydrogen) atoms. The van der Waals surface area contributed by atoms with Crippen LogP contribution in [0.25, 0.3) is 11.3 Å². The predicted octanol–water partition coefficient (Wildman–Crippen LogP) is 4.27. The van der Waals surface area contributed by atoms with Crippen molar-refractivity contribution >= 4 is 5.91 Å². The second-order valence-corrected chi connectivity index (χ2v) is 7.48. The number of carbonyl (C=O) groups is 1. The van der Waals surface area contributed by atoms with Crippen molar-refractivity contribution in [3.8, 4) is 17.3 Å². The van der Waals surface area contributed by atoms with E-state index in [1.807, 2.05) is 51.2 Å². The summed E-state index contributed by atoms with van der Waals surface area (Å²) < 4.78 is 5.75. The first-order valence-corrected chi connectivity index (χ1v) is 9.85. The Labute approximate surface area is 167 Å². The lowest BCUT2D eigenvalue weighted by Crippen LogP contribution is -2.31. The van der Waals surface area contributed by atoms with E-state index in [2.05, 4.69) is 11.1 Å². The summed E-state index contributed by atoms with van der Waals surface area (Å²) in [6.45, 7) is 5.30. The van der Waals surface area contributed by atoms with Crippen LogP contribution in [0.2, 0.25) is 0 Å². The van der Waals surface area contributed by atoms with Crippen molar-refractivity contribution in [1.29, 1.82) is 5.26 Å². The van der Waals surface area contributed by atoms with Crippen LogP contribution in [0.1, 0.15) is 52.9 Å². The molecule has 1 aliphatic rings. The minimum Gasteiger partial charge on any atom is -0.378 e. The van der Waals surface area contributed by atoms with Gasteiger partial charge in [0.2, 0.25) is 0 Å². The summed E-state index contributed by atoms with van der Waals surface area (Å²) in [5, 5.41) is 9.20. The summed E-state index contributed by atoms with van der Waals surface area (Å²) in [6, 6.07) is 11.6. The molecule has 1 amide bonds. The summed E-state index contributed by atoms with van der Waals surface area (Å²) in [5.74, 6) is 0.0162. The molecule has 1 aromatic heterocycles. The van der Waals surface area contributed by atoms with E-state index in [0.717, 1.165) is 48.4 Å². The maximum Gasteiger partial charge on any atom is 0.253 e. The van der Waals surface area contributed by atoms with Crippen molar-refractivity contribution in [3.05, 3.63) is 52.7 Å². The molecule has 1 saturated heterocycles. The van der Waals surface area contributed by atoms with Crippen LogP contribution < -0.4 is 0 Å². The zero-order chi connectivity index (χ0) is 20.1. The summed E-state index contributed by atoms with van der Waals surface area (Å²) in [5.41, 5.74) is 4.68. The lowest BCUT2D eigenvalue weighted by Gasteiger charge is -2.25. The zero-order valence-electron chi connectivity index (χ0n) is 16.9. The first-order chi connectivity index (χ1) is 13.5. The van der Waals surface area contributed by atoms with E-state index < -0.39 is 0 Å². The van der Waals surface area contributed by atoms with E-state index >= 15 is 0 Å². The van der Waals surface area contributed by atoms with Gasteiger partial charge in [-0.2, -0.15) is 5.26 Å². The number of nitriles is 1. The average Bonchev–Trinajstić information content (AvgIpc) is 2.72. The fourth-order valence-corrected chi connectivity index (χ4v) is 3.63. The highest BCUT2D eigenvalue weighted by molar-refractivity contribution is 5.94. The number of hydrogen-bond acceptors (Lipinski definition) is 4. The third-order valence-electron chi connectivity index (χ3n) is 5.34. The number of aryl methyl sites for hydroxylation is 2. The number of amides is 1. The maximum atomic E-state index is 12.7.